The molecule has 3 fully saturated rings. The highest BCUT2D eigenvalue weighted by Gasteiger charge is 2.59. The predicted octanol–water partition coefficient (Wildman–Crippen LogP) is 1.39. The Bertz CT molecular complexity index is 352. The molecule has 2 aliphatic heterocycles. The summed E-state index contributed by atoms with van der Waals surface area (Å²) in [4.78, 5) is 14.9. The van der Waals surface area contributed by atoms with Crippen molar-refractivity contribution in [2.24, 2.45) is 23.0 Å². The molecule has 0 radical (unpaired) electrons. The van der Waals surface area contributed by atoms with Gasteiger partial charge in [0.25, 0.3) is 0 Å². The number of nitrogens with two attached hydrogens (primary N) is 1. The van der Waals surface area contributed by atoms with Crippen LogP contribution in [0.5, 0.6) is 0 Å². The lowest BCUT2D eigenvalue weighted by Crippen LogP contribution is -2.52. The lowest BCUT2D eigenvalue weighted by atomic mass is 9.89. The zero-order chi connectivity index (χ0) is 13.5. The molecule has 0 aromatic heterocycles. The molecule has 3 aliphatic rings. The monoisotopic (exact) mass is 266 g/mol. The third kappa shape index (κ3) is 2.29. The zero-order valence-electron chi connectivity index (χ0n) is 11.9. The van der Waals surface area contributed by atoms with Gasteiger partial charge < -0.3 is 15.4 Å². The molecular formula is C15H26N2O2. The minimum absolute atomic E-state index is 0.260. The molecule has 2 heterocycles. The van der Waals surface area contributed by atoms with Crippen LogP contribution in [-0.4, -0.2) is 43.2 Å². The molecule has 1 spiro atoms. The fraction of sp³-hybridized carbons (Fsp3) is 0.933. The van der Waals surface area contributed by atoms with E-state index >= 15 is 0 Å². The fourth-order valence-corrected chi connectivity index (χ4v) is 4.11. The van der Waals surface area contributed by atoms with E-state index in [1.807, 2.05) is 0 Å². The van der Waals surface area contributed by atoms with Crippen LogP contribution in [0.2, 0.25) is 0 Å². The number of hydrogen-bond acceptors (Lipinski definition) is 3. The maximum atomic E-state index is 12.8. The third-order valence-corrected chi connectivity index (χ3v) is 5.62. The quantitative estimate of drug-likeness (QED) is 0.821. The lowest BCUT2D eigenvalue weighted by Gasteiger charge is -2.40. The van der Waals surface area contributed by atoms with Crippen molar-refractivity contribution in [3.63, 3.8) is 0 Å². The number of rotatable bonds is 2. The minimum Gasteiger partial charge on any atom is -0.381 e. The first kappa shape index (κ1) is 13.4. The molecule has 2 N–H and O–H groups in total. The summed E-state index contributed by atoms with van der Waals surface area (Å²) in [6.45, 7) is 5.42. The number of ether oxygens (including phenoxy) is 1. The number of piperidine rings is 1. The molecule has 4 heteroatoms. The first-order valence-corrected chi connectivity index (χ1v) is 7.76. The molecule has 1 amide bonds. The van der Waals surface area contributed by atoms with Crippen molar-refractivity contribution in [3.8, 4) is 0 Å². The van der Waals surface area contributed by atoms with E-state index in [-0.39, 0.29) is 17.4 Å². The molecule has 1 aliphatic carbocycles. The van der Waals surface area contributed by atoms with Gasteiger partial charge in [0.1, 0.15) is 0 Å². The predicted molar refractivity (Wildman–Crippen MR) is 73.5 cm³/mol. The number of likely N-dealkylation sites (tertiary alicyclic amines) is 1. The Kier molecular flexibility index (Phi) is 3.56. The van der Waals surface area contributed by atoms with Gasteiger partial charge in [-0.1, -0.05) is 6.92 Å². The molecule has 0 aromatic carbocycles. The number of nitrogens with zero attached hydrogens (tertiary/aromatic N) is 1. The first-order chi connectivity index (χ1) is 9.18. The molecule has 0 aromatic rings. The normalized spacial score (nSPS) is 37.4. The molecule has 2 saturated heterocycles. The van der Waals surface area contributed by atoms with Gasteiger partial charge in [-0.2, -0.15) is 0 Å². The summed E-state index contributed by atoms with van der Waals surface area (Å²) in [7, 11) is 0. The second-order valence-corrected chi connectivity index (χ2v) is 6.69. The van der Waals surface area contributed by atoms with E-state index in [1.54, 1.807) is 0 Å². The van der Waals surface area contributed by atoms with Crippen LogP contribution in [0, 0.1) is 17.3 Å². The molecule has 0 bridgehead atoms. The van der Waals surface area contributed by atoms with Crippen molar-refractivity contribution in [1.29, 1.82) is 0 Å². The summed E-state index contributed by atoms with van der Waals surface area (Å²) in [5.74, 6) is 1.19. The van der Waals surface area contributed by atoms with Crippen LogP contribution >= 0.6 is 0 Å². The van der Waals surface area contributed by atoms with Gasteiger partial charge in [0.15, 0.2) is 0 Å². The topological polar surface area (TPSA) is 55.6 Å². The maximum absolute atomic E-state index is 12.8. The molecular weight excluding hydrogens is 240 g/mol. The molecule has 0 unspecified atom stereocenters. The number of carbonyl (C=O) groups is 1. The summed E-state index contributed by atoms with van der Waals surface area (Å²) in [5.41, 5.74) is 6.19. The molecule has 3 rings (SSSR count). The van der Waals surface area contributed by atoms with Crippen LogP contribution in [0.15, 0.2) is 0 Å². The van der Waals surface area contributed by atoms with Crippen LogP contribution in [0.4, 0.5) is 0 Å². The molecule has 3 atom stereocenters. The molecule has 108 valence electrons. The van der Waals surface area contributed by atoms with Crippen molar-refractivity contribution in [2.45, 2.75) is 45.1 Å². The second kappa shape index (κ2) is 5.06. The average Bonchev–Trinajstić information content (AvgIpc) is 3.12. The van der Waals surface area contributed by atoms with Crippen LogP contribution < -0.4 is 5.73 Å². The molecule has 4 nitrogen and oxygen atoms in total. The van der Waals surface area contributed by atoms with Gasteiger partial charge in [0, 0.05) is 38.3 Å². The van der Waals surface area contributed by atoms with Crippen LogP contribution in [0.1, 0.15) is 39.0 Å². The molecule has 1 saturated carbocycles. The van der Waals surface area contributed by atoms with E-state index < -0.39 is 0 Å². The highest BCUT2D eigenvalue weighted by molar-refractivity contribution is 5.83. The Morgan fingerprint density at radius 1 is 1.42 bits per heavy atom. The third-order valence-electron chi connectivity index (χ3n) is 5.62. The van der Waals surface area contributed by atoms with Crippen molar-refractivity contribution < 1.29 is 9.53 Å². The Morgan fingerprint density at radius 3 is 2.84 bits per heavy atom. The van der Waals surface area contributed by atoms with Crippen LogP contribution in [-0.2, 0) is 9.53 Å². The minimum atomic E-state index is 0.260. The van der Waals surface area contributed by atoms with Crippen LogP contribution in [0.3, 0.4) is 0 Å². The average molecular weight is 266 g/mol. The summed E-state index contributed by atoms with van der Waals surface area (Å²) in [6, 6.07) is 0.263. The van der Waals surface area contributed by atoms with E-state index in [1.165, 1.54) is 6.42 Å². The SMILES string of the molecule is C[C@@H]1CCCN(C(=O)[C@H]2CC23CCOCC3)[C@H]1CN. The van der Waals surface area contributed by atoms with Gasteiger partial charge in [-0.15, -0.1) is 0 Å². The van der Waals surface area contributed by atoms with Gasteiger partial charge in [-0.05, 0) is 43.4 Å². The standard InChI is InChI=1S/C15H26N2O2/c1-11-3-2-6-17(13(11)10-16)14(18)12-9-15(12)4-7-19-8-5-15/h11-13H,2-10,16H2,1H3/t11-,12-,13+/m1/s1. The van der Waals surface area contributed by atoms with Crippen molar-refractivity contribution >= 4 is 5.91 Å². The maximum Gasteiger partial charge on any atom is 0.226 e. The summed E-state index contributed by atoms with van der Waals surface area (Å²) >= 11 is 0. The highest BCUT2D eigenvalue weighted by Crippen LogP contribution is 2.60. The van der Waals surface area contributed by atoms with Crippen molar-refractivity contribution in [1.82, 2.24) is 4.90 Å². The van der Waals surface area contributed by atoms with Gasteiger partial charge in [-0.25, -0.2) is 0 Å². The smallest absolute Gasteiger partial charge is 0.226 e. The van der Waals surface area contributed by atoms with Gasteiger partial charge >= 0.3 is 0 Å². The second-order valence-electron chi connectivity index (χ2n) is 6.69. The molecule has 19 heavy (non-hydrogen) atoms. The van der Waals surface area contributed by atoms with Gasteiger partial charge in [0.05, 0.1) is 0 Å². The lowest BCUT2D eigenvalue weighted by molar-refractivity contribution is -0.138. The van der Waals surface area contributed by atoms with Crippen molar-refractivity contribution in [3.05, 3.63) is 0 Å². The van der Waals surface area contributed by atoms with Crippen molar-refractivity contribution in [2.75, 3.05) is 26.3 Å². The fourth-order valence-electron chi connectivity index (χ4n) is 4.11. The van der Waals surface area contributed by atoms with E-state index in [4.69, 9.17) is 10.5 Å². The number of amides is 1. The van der Waals surface area contributed by atoms with Gasteiger partial charge in [0.2, 0.25) is 5.91 Å². The van der Waals surface area contributed by atoms with E-state index in [0.29, 0.717) is 18.4 Å². The highest BCUT2D eigenvalue weighted by atomic mass is 16.5. The summed E-state index contributed by atoms with van der Waals surface area (Å²) < 4.78 is 5.43. The first-order valence-electron chi connectivity index (χ1n) is 7.76. The Morgan fingerprint density at radius 2 is 2.16 bits per heavy atom. The van der Waals surface area contributed by atoms with E-state index in [9.17, 15) is 4.79 Å². The van der Waals surface area contributed by atoms with E-state index in [2.05, 4.69) is 11.8 Å². The number of carbonyl (C=O) groups excluding carboxylic acids is 1. The van der Waals surface area contributed by atoms with Gasteiger partial charge in [-0.3, -0.25) is 4.79 Å². The Labute approximate surface area is 115 Å². The summed E-state index contributed by atoms with van der Waals surface area (Å²) in [6.07, 6.45) is 5.55. The van der Waals surface area contributed by atoms with Crippen LogP contribution in [0.25, 0.3) is 0 Å². The Hall–Kier alpha value is -0.610. The van der Waals surface area contributed by atoms with E-state index in [0.717, 1.165) is 45.4 Å². The Balaban J connectivity index is 1.67. The number of hydrogen-bond donors (Lipinski definition) is 1. The zero-order valence-corrected chi connectivity index (χ0v) is 11.9. The largest absolute Gasteiger partial charge is 0.381 e. The summed E-state index contributed by atoms with van der Waals surface area (Å²) in [5, 5.41) is 0.